The number of nitrogens with two attached hydrogens (primary N) is 1. The minimum atomic E-state index is 0.442. The van der Waals surface area contributed by atoms with Gasteiger partial charge in [0.1, 0.15) is 0 Å². The van der Waals surface area contributed by atoms with Crippen LogP contribution in [0.25, 0.3) is 0 Å². The molecule has 19 heavy (non-hydrogen) atoms. The van der Waals surface area contributed by atoms with Gasteiger partial charge in [-0.2, -0.15) is 0 Å². The van der Waals surface area contributed by atoms with Crippen LogP contribution in [0.1, 0.15) is 32.3 Å². The summed E-state index contributed by atoms with van der Waals surface area (Å²) in [6, 6.07) is 9.53. The summed E-state index contributed by atoms with van der Waals surface area (Å²) in [5.74, 6) is 0.442. The van der Waals surface area contributed by atoms with Gasteiger partial charge >= 0.3 is 0 Å². The van der Waals surface area contributed by atoms with Gasteiger partial charge in [0, 0.05) is 37.9 Å². The molecule has 1 fully saturated rings. The third-order valence-electron chi connectivity index (χ3n) is 4.20. The Hall–Kier alpha value is -1.06. The summed E-state index contributed by atoms with van der Waals surface area (Å²) in [5, 5.41) is 0. The van der Waals surface area contributed by atoms with Gasteiger partial charge < -0.3 is 10.6 Å². The van der Waals surface area contributed by atoms with E-state index in [1.807, 2.05) is 0 Å². The fourth-order valence-electron chi connectivity index (χ4n) is 2.66. The number of anilines is 1. The standard InChI is InChI=1S/C16H27N3/c1-13(2)18-7-9-19(10-8-18)16-6-4-5-15(11-16)14(3)12-17/h4-6,11,13-14H,7-10,12,17H2,1-3H3. The van der Waals surface area contributed by atoms with Gasteiger partial charge in [0.05, 0.1) is 0 Å². The van der Waals surface area contributed by atoms with Gasteiger partial charge in [-0.05, 0) is 44.0 Å². The predicted molar refractivity (Wildman–Crippen MR) is 82.8 cm³/mol. The highest BCUT2D eigenvalue weighted by atomic mass is 15.3. The summed E-state index contributed by atoms with van der Waals surface area (Å²) >= 11 is 0. The van der Waals surface area contributed by atoms with E-state index in [1.54, 1.807) is 0 Å². The molecule has 106 valence electrons. The Bertz CT molecular complexity index is 395. The Kier molecular flexibility index (Phi) is 4.83. The summed E-state index contributed by atoms with van der Waals surface area (Å²) in [6.07, 6.45) is 0. The lowest BCUT2D eigenvalue weighted by molar-refractivity contribution is 0.209. The van der Waals surface area contributed by atoms with Crippen molar-refractivity contribution in [3.8, 4) is 0 Å². The quantitative estimate of drug-likeness (QED) is 0.902. The molecule has 0 aliphatic carbocycles. The molecule has 1 aliphatic rings. The molecule has 1 aliphatic heterocycles. The van der Waals surface area contributed by atoms with Gasteiger partial charge in [-0.15, -0.1) is 0 Å². The zero-order chi connectivity index (χ0) is 13.8. The highest BCUT2D eigenvalue weighted by molar-refractivity contribution is 5.49. The number of hydrogen-bond acceptors (Lipinski definition) is 3. The second-order valence-electron chi connectivity index (χ2n) is 5.85. The Morgan fingerprint density at radius 3 is 2.37 bits per heavy atom. The fourth-order valence-corrected chi connectivity index (χ4v) is 2.66. The first-order valence-electron chi connectivity index (χ1n) is 7.41. The summed E-state index contributed by atoms with van der Waals surface area (Å²) < 4.78 is 0. The third-order valence-corrected chi connectivity index (χ3v) is 4.20. The van der Waals surface area contributed by atoms with Crippen molar-refractivity contribution >= 4 is 5.69 Å². The molecular weight excluding hydrogens is 234 g/mol. The highest BCUT2D eigenvalue weighted by Crippen LogP contribution is 2.22. The monoisotopic (exact) mass is 261 g/mol. The topological polar surface area (TPSA) is 32.5 Å². The van der Waals surface area contributed by atoms with E-state index in [0.717, 1.165) is 26.2 Å². The van der Waals surface area contributed by atoms with Crippen molar-refractivity contribution < 1.29 is 0 Å². The van der Waals surface area contributed by atoms with Gasteiger partial charge in [0.2, 0.25) is 0 Å². The van der Waals surface area contributed by atoms with Crippen molar-refractivity contribution in [1.82, 2.24) is 4.90 Å². The zero-order valence-electron chi connectivity index (χ0n) is 12.5. The number of piperazine rings is 1. The van der Waals surface area contributed by atoms with Crippen molar-refractivity contribution in [3.05, 3.63) is 29.8 Å². The van der Waals surface area contributed by atoms with Crippen LogP contribution in [-0.2, 0) is 0 Å². The molecule has 0 bridgehead atoms. The van der Waals surface area contributed by atoms with E-state index in [0.29, 0.717) is 18.5 Å². The average molecular weight is 261 g/mol. The van der Waals surface area contributed by atoms with Crippen molar-refractivity contribution in [3.63, 3.8) is 0 Å². The second-order valence-corrected chi connectivity index (χ2v) is 5.85. The maximum absolute atomic E-state index is 5.76. The lowest BCUT2D eigenvalue weighted by Gasteiger charge is -2.38. The molecular formula is C16H27N3. The van der Waals surface area contributed by atoms with Crippen LogP contribution in [0.4, 0.5) is 5.69 Å². The first-order valence-corrected chi connectivity index (χ1v) is 7.41. The normalized spacial score (nSPS) is 18.9. The van der Waals surface area contributed by atoms with Gasteiger partial charge in [-0.3, -0.25) is 4.90 Å². The van der Waals surface area contributed by atoms with E-state index in [4.69, 9.17) is 5.73 Å². The molecule has 1 aromatic carbocycles. The molecule has 1 atom stereocenters. The Balaban J connectivity index is 2.03. The smallest absolute Gasteiger partial charge is 0.0369 e. The van der Waals surface area contributed by atoms with Crippen molar-refractivity contribution in [2.24, 2.45) is 5.73 Å². The summed E-state index contributed by atoms with van der Waals surface area (Å²) in [6.45, 7) is 12.0. The molecule has 1 saturated heterocycles. The lowest BCUT2D eigenvalue weighted by atomic mass is 10.0. The molecule has 1 heterocycles. The number of rotatable bonds is 4. The van der Waals surface area contributed by atoms with Crippen LogP contribution >= 0.6 is 0 Å². The van der Waals surface area contributed by atoms with Crippen LogP contribution in [0, 0.1) is 0 Å². The molecule has 1 unspecified atom stereocenters. The molecule has 2 rings (SSSR count). The largest absolute Gasteiger partial charge is 0.369 e. The molecule has 0 amide bonds. The molecule has 3 nitrogen and oxygen atoms in total. The van der Waals surface area contributed by atoms with Crippen LogP contribution in [0.5, 0.6) is 0 Å². The minimum absolute atomic E-state index is 0.442. The fraction of sp³-hybridized carbons (Fsp3) is 0.625. The zero-order valence-corrected chi connectivity index (χ0v) is 12.5. The summed E-state index contributed by atoms with van der Waals surface area (Å²) in [7, 11) is 0. The van der Waals surface area contributed by atoms with Crippen LogP contribution in [0.3, 0.4) is 0 Å². The van der Waals surface area contributed by atoms with Crippen LogP contribution in [0.15, 0.2) is 24.3 Å². The Morgan fingerprint density at radius 2 is 1.79 bits per heavy atom. The van der Waals surface area contributed by atoms with Crippen LogP contribution < -0.4 is 10.6 Å². The molecule has 0 aromatic heterocycles. The van der Waals surface area contributed by atoms with Gasteiger partial charge in [-0.25, -0.2) is 0 Å². The molecule has 1 aromatic rings. The van der Waals surface area contributed by atoms with Crippen molar-refractivity contribution in [2.75, 3.05) is 37.6 Å². The first kappa shape index (κ1) is 14.4. The minimum Gasteiger partial charge on any atom is -0.369 e. The maximum atomic E-state index is 5.76. The Morgan fingerprint density at radius 1 is 1.11 bits per heavy atom. The molecule has 2 N–H and O–H groups in total. The highest BCUT2D eigenvalue weighted by Gasteiger charge is 2.19. The van der Waals surface area contributed by atoms with Crippen LogP contribution in [0.2, 0.25) is 0 Å². The average Bonchev–Trinajstić information content (AvgIpc) is 2.46. The lowest BCUT2D eigenvalue weighted by Crippen LogP contribution is -2.48. The predicted octanol–water partition coefficient (Wildman–Crippen LogP) is 2.28. The van der Waals surface area contributed by atoms with E-state index >= 15 is 0 Å². The molecule has 3 heteroatoms. The summed E-state index contributed by atoms with van der Waals surface area (Å²) in [4.78, 5) is 5.04. The second kappa shape index (κ2) is 6.40. The van der Waals surface area contributed by atoms with Gasteiger partial charge in [-0.1, -0.05) is 19.1 Å². The Labute approximate surface area is 117 Å². The number of benzene rings is 1. The van der Waals surface area contributed by atoms with Gasteiger partial charge in [0.15, 0.2) is 0 Å². The SMILES string of the molecule is CC(CN)c1cccc(N2CCN(C(C)C)CC2)c1. The van der Waals surface area contributed by atoms with E-state index in [-0.39, 0.29) is 0 Å². The number of hydrogen-bond donors (Lipinski definition) is 1. The van der Waals surface area contributed by atoms with Crippen molar-refractivity contribution in [2.45, 2.75) is 32.7 Å². The summed E-state index contributed by atoms with van der Waals surface area (Å²) in [5.41, 5.74) is 8.47. The molecule has 0 radical (unpaired) electrons. The maximum Gasteiger partial charge on any atom is 0.0369 e. The third kappa shape index (κ3) is 3.48. The number of nitrogens with zero attached hydrogens (tertiary/aromatic N) is 2. The van der Waals surface area contributed by atoms with Crippen LogP contribution in [-0.4, -0.2) is 43.7 Å². The van der Waals surface area contributed by atoms with E-state index in [2.05, 4.69) is 54.8 Å². The van der Waals surface area contributed by atoms with E-state index < -0.39 is 0 Å². The molecule has 0 spiro atoms. The first-order chi connectivity index (χ1) is 9.11. The molecule has 0 saturated carbocycles. The van der Waals surface area contributed by atoms with E-state index in [9.17, 15) is 0 Å². The van der Waals surface area contributed by atoms with E-state index in [1.165, 1.54) is 11.3 Å². The van der Waals surface area contributed by atoms with Crippen molar-refractivity contribution in [1.29, 1.82) is 0 Å². The van der Waals surface area contributed by atoms with Gasteiger partial charge in [0.25, 0.3) is 0 Å².